The van der Waals surface area contributed by atoms with Gasteiger partial charge in [-0.2, -0.15) is 0 Å². The molecule has 0 aromatic heterocycles. The number of rotatable bonds is 17. The second kappa shape index (κ2) is 15.8. The molecule has 0 heterocycles. The van der Waals surface area contributed by atoms with Crippen LogP contribution in [0.1, 0.15) is 32.1 Å². The van der Waals surface area contributed by atoms with Crippen LogP contribution in [0, 0.1) is 0 Å². The lowest BCUT2D eigenvalue weighted by atomic mass is 10.1. The third-order valence-corrected chi connectivity index (χ3v) is 4.42. The SMILES string of the molecule is NC(=O)CC(NC(=O)C(N)CCC(=O)O)C(=O)NC(CO)C(=O)NC(CCCN=C(N)N)C(=O)O. The molecule has 0 radical (unpaired) electrons. The van der Waals surface area contributed by atoms with Gasteiger partial charge in [0.2, 0.25) is 23.6 Å². The molecule has 0 aromatic rings. The van der Waals surface area contributed by atoms with Crippen LogP contribution < -0.4 is 38.9 Å². The van der Waals surface area contributed by atoms with Crippen molar-refractivity contribution in [2.75, 3.05) is 13.2 Å². The number of carboxylic acids is 2. The van der Waals surface area contributed by atoms with Crippen LogP contribution in [0.4, 0.5) is 0 Å². The summed E-state index contributed by atoms with van der Waals surface area (Å²) in [5.74, 6) is -6.89. The Labute approximate surface area is 199 Å². The maximum atomic E-state index is 12.6. The molecule has 198 valence electrons. The lowest BCUT2D eigenvalue weighted by Crippen LogP contribution is -2.58. The van der Waals surface area contributed by atoms with E-state index < -0.39 is 79.2 Å². The lowest BCUT2D eigenvalue weighted by molar-refractivity contribution is -0.143. The highest BCUT2D eigenvalue weighted by Gasteiger charge is 2.30. The molecule has 0 aliphatic carbocycles. The van der Waals surface area contributed by atoms with Gasteiger partial charge >= 0.3 is 11.9 Å². The molecule has 17 nitrogen and oxygen atoms in total. The van der Waals surface area contributed by atoms with Crippen LogP contribution in [0.2, 0.25) is 0 Å². The number of aliphatic carboxylic acids is 2. The number of hydrogen-bond donors (Lipinski definition) is 10. The van der Waals surface area contributed by atoms with E-state index in [0.29, 0.717) is 0 Å². The quantitative estimate of drug-likeness (QED) is 0.0504. The van der Waals surface area contributed by atoms with E-state index in [1.54, 1.807) is 0 Å². The Morgan fingerprint density at radius 1 is 0.800 bits per heavy atom. The van der Waals surface area contributed by atoms with E-state index in [1.807, 2.05) is 0 Å². The highest BCUT2D eigenvalue weighted by Crippen LogP contribution is 2.02. The number of aliphatic hydroxyl groups is 1. The molecule has 0 bridgehead atoms. The molecule has 0 saturated carbocycles. The fraction of sp³-hybridized carbons (Fsp3) is 0.611. The number of nitrogens with two attached hydrogens (primary N) is 4. The average Bonchev–Trinajstić information content (AvgIpc) is 2.76. The van der Waals surface area contributed by atoms with Crippen molar-refractivity contribution >= 4 is 41.5 Å². The molecule has 0 saturated heterocycles. The summed E-state index contributed by atoms with van der Waals surface area (Å²) >= 11 is 0. The van der Waals surface area contributed by atoms with Gasteiger partial charge in [-0.05, 0) is 19.3 Å². The Morgan fingerprint density at radius 2 is 1.34 bits per heavy atom. The minimum atomic E-state index is -1.64. The Balaban J connectivity index is 5.20. The molecule has 14 N–H and O–H groups in total. The number of carboxylic acid groups (broad SMARTS) is 2. The van der Waals surface area contributed by atoms with E-state index in [1.165, 1.54) is 0 Å². The molecule has 35 heavy (non-hydrogen) atoms. The smallest absolute Gasteiger partial charge is 0.326 e. The van der Waals surface area contributed by atoms with Gasteiger partial charge in [0.05, 0.1) is 19.1 Å². The van der Waals surface area contributed by atoms with Gasteiger partial charge in [-0.3, -0.25) is 29.0 Å². The second-order valence-corrected chi connectivity index (χ2v) is 7.36. The van der Waals surface area contributed by atoms with Crippen molar-refractivity contribution in [2.24, 2.45) is 27.9 Å². The van der Waals surface area contributed by atoms with E-state index in [2.05, 4.69) is 20.9 Å². The largest absolute Gasteiger partial charge is 0.481 e. The van der Waals surface area contributed by atoms with E-state index >= 15 is 0 Å². The van der Waals surface area contributed by atoms with Gasteiger partial charge < -0.3 is 54.2 Å². The van der Waals surface area contributed by atoms with E-state index in [9.17, 15) is 39.0 Å². The summed E-state index contributed by atoms with van der Waals surface area (Å²) in [5, 5.41) is 33.8. The van der Waals surface area contributed by atoms with Crippen molar-refractivity contribution in [1.29, 1.82) is 0 Å². The van der Waals surface area contributed by atoms with Crippen molar-refractivity contribution in [3.8, 4) is 0 Å². The first kappa shape index (κ1) is 31.0. The standard InChI is InChI=1S/C18H32N8O9/c19-8(3-4-13(29)30)14(31)25-10(6-12(20)28)15(32)26-11(7-27)16(33)24-9(17(34)35)2-1-5-23-18(21)22/h8-11,27H,1-7,19H2,(H2,20,28)(H,24,33)(H,25,31)(H,26,32)(H,29,30)(H,34,35)(H4,21,22,23). The number of aliphatic hydroxyl groups excluding tert-OH is 1. The first-order chi connectivity index (χ1) is 16.3. The fourth-order valence-corrected chi connectivity index (χ4v) is 2.60. The summed E-state index contributed by atoms with van der Waals surface area (Å²) in [7, 11) is 0. The third-order valence-electron chi connectivity index (χ3n) is 4.42. The van der Waals surface area contributed by atoms with E-state index in [0.717, 1.165) is 0 Å². The molecule has 17 heteroatoms. The highest BCUT2D eigenvalue weighted by atomic mass is 16.4. The van der Waals surface area contributed by atoms with Gasteiger partial charge in [-0.15, -0.1) is 0 Å². The van der Waals surface area contributed by atoms with Crippen LogP contribution in [0.3, 0.4) is 0 Å². The molecule has 0 rings (SSSR count). The van der Waals surface area contributed by atoms with Crippen LogP contribution in [-0.2, 0) is 28.8 Å². The first-order valence-electron chi connectivity index (χ1n) is 10.3. The summed E-state index contributed by atoms with van der Waals surface area (Å²) in [6.07, 6.45) is -1.26. The van der Waals surface area contributed by atoms with Crippen LogP contribution >= 0.6 is 0 Å². The molecule has 0 fully saturated rings. The predicted octanol–water partition coefficient (Wildman–Crippen LogP) is -5.36. The average molecular weight is 505 g/mol. The summed E-state index contributed by atoms with van der Waals surface area (Å²) in [6, 6.07) is -5.96. The van der Waals surface area contributed by atoms with Crippen LogP contribution in [0.25, 0.3) is 0 Å². The van der Waals surface area contributed by atoms with Crippen molar-refractivity contribution in [2.45, 2.75) is 56.3 Å². The Hall–Kier alpha value is -3.99. The number of aliphatic imine (C=N–C) groups is 1. The summed E-state index contributed by atoms with van der Waals surface area (Å²) in [5.41, 5.74) is 21.0. The molecule has 4 atom stereocenters. The monoisotopic (exact) mass is 504 g/mol. The van der Waals surface area contributed by atoms with Crippen LogP contribution in [-0.4, -0.2) is 94.2 Å². The minimum Gasteiger partial charge on any atom is -0.481 e. The lowest BCUT2D eigenvalue weighted by Gasteiger charge is -2.23. The summed E-state index contributed by atoms with van der Waals surface area (Å²) in [4.78, 5) is 74.2. The highest BCUT2D eigenvalue weighted by molar-refractivity contribution is 5.96. The molecule has 0 aromatic carbocycles. The number of hydrogen-bond acceptors (Lipinski definition) is 9. The third kappa shape index (κ3) is 13.3. The van der Waals surface area contributed by atoms with Crippen LogP contribution in [0.15, 0.2) is 4.99 Å². The van der Waals surface area contributed by atoms with Gasteiger partial charge in [-0.1, -0.05) is 0 Å². The van der Waals surface area contributed by atoms with E-state index in [-0.39, 0.29) is 31.8 Å². The van der Waals surface area contributed by atoms with Crippen molar-refractivity contribution in [3.63, 3.8) is 0 Å². The van der Waals surface area contributed by atoms with Gasteiger partial charge in [-0.25, -0.2) is 4.79 Å². The summed E-state index contributed by atoms with van der Waals surface area (Å²) in [6.45, 7) is -0.849. The molecule has 4 amide bonds. The number of carbonyl (C=O) groups is 6. The molecule has 0 aliphatic heterocycles. The topological polar surface area (TPSA) is 316 Å². The van der Waals surface area contributed by atoms with Gasteiger partial charge in [0.15, 0.2) is 5.96 Å². The Morgan fingerprint density at radius 3 is 1.83 bits per heavy atom. The van der Waals surface area contributed by atoms with E-state index in [4.69, 9.17) is 28.0 Å². The zero-order chi connectivity index (χ0) is 27.1. The number of nitrogens with zero attached hydrogens (tertiary/aromatic N) is 1. The Bertz CT molecular complexity index is 816. The zero-order valence-electron chi connectivity index (χ0n) is 18.8. The normalized spacial score (nSPS) is 13.9. The Kier molecular flexibility index (Phi) is 14.0. The second-order valence-electron chi connectivity index (χ2n) is 7.36. The molecule has 4 unspecified atom stereocenters. The minimum absolute atomic E-state index is 0.0709. The number of amides is 4. The van der Waals surface area contributed by atoms with Gasteiger partial charge in [0.1, 0.15) is 18.1 Å². The molecule has 0 spiro atoms. The zero-order valence-corrected chi connectivity index (χ0v) is 18.8. The molecule has 0 aliphatic rings. The molecular formula is C18H32N8O9. The maximum absolute atomic E-state index is 12.6. The number of carbonyl (C=O) groups excluding carboxylic acids is 4. The summed E-state index contributed by atoms with van der Waals surface area (Å²) < 4.78 is 0. The number of guanidine groups is 1. The van der Waals surface area contributed by atoms with Gasteiger partial charge in [0.25, 0.3) is 0 Å². The van der Waals surface area contributed by atoms with Gasteiger partial charge in [0, 0.05) is 13.0 Å². The maximum Gasteiger partial charge on any atom is 0.326 e. The van der Waals surface area contributed by atoms with Crippen molar-refractivity contribution in [1.82, 2.24) is 16.0 Å². The van der Waals surface area contributed by atoms with Crippen molar-refractivity contribution < 1.29 is 44.1 Å². The fourth-order valence-electron chi connectivity index (χ4n) is 2.60. The number of nitrogens with one attached hydrogen (secondary N) is 3. The molecular weight excluding hydrogens is 472 g/mol. The predicted molar refractivity (Wildman–Crippen MR) is 119 cm³/mol. The van der Waals surface area contributed by atoms with Crippen LogP contribution in [0.5, 0.6) is 0 Å². The number of primary amides is 1. The van der Waals surface area contributed by atoms with Crippen molar-refractivity contribution in [3.05, 3.63) is 0 Å². The first-order valence-corrected chi connectivity index (χ1v) is 10.3.